The number of amides is 1. The van der Waals surface area contributed by atoms with Gasteiger partial charge in [-0.3, -0.25) is 10.1 Å². The molecule has 24 heavy (non-hydrogen) atoms. The zero-order valence-corrected chi connectivity index (χ0v) is 14.9. The number of aromatic nitrogens is 1. The molecular weight excluding hydrogens is 350 g/mol. The van der Waals surface area contributed by atoms with Crippen molar-refractivity contribution >= 4 is 39.9 Å². The monoisotopic (exact) mass is 367 g/mol. The average molecular weight is 368 g/mol. The van der Waals surface area contributed by atoms with E-state index in [1.54, 1.807) is 24.3 Å². The summed E-state index contributed by atoms with van der Waals surface area (Å²) >= 11 is 6.93. The van der Waals surface area contributed by atoms with Crippen LogP contribution in [0.1, 0.15) is 30.6 Å². The third-order valence-electron chi connectivity index (χ3n) is 3.57. The molecule has 1 aromatic carbocycles. The summed E-state index contributed by atoms with van der Waals surface area (Å²) in [4.78, 5) is 28.5. The Morgan fingerprint density at radius 3 is 2.75 bits per heavy atom. The molecule has 1 amide bonds. The SMILES string of the molecule is CC[C@H](C)[C@H](N)C(=O)Oc1ccccc1C(=O)Nc1ncc(Cl)s1. The normalized spacial score (nSPS) is 13.2. The number of rotatable bonds is 6. The van der Waals surface area contributed by atoms with Crippen molar-refractivity contribution in [3.05, 3.63) is 40.4 Å². The van der Waals surface area contributed by atoms with Crippen LogP contribution in [-0.2, 0) is 4.79 Å². The summed E-state index contributed by atoms with van der Waals surface area (Å²) < 4.78 is 5.79. The highest BCUT2D eigenvalue weighted by Gasteiger charge is 2.23. The van der Waals surface area contributed by atoms with Crippen LogP contribution in [0.5, 0.6) is 5.75 Å². The zero-order chi connectivity index (χ0) is 17.7. The van der Waals surface area contributed by atoms with E-state index in [0.717, 1.165) is 17.8 Å². The van der Waals surface area contributed by atoms with E-state index in [1.807, 2.05) is 13.8 Å². The van der Waals surface area contributed by atoms with Gasteiger partial charge in [0.25, 0.3) is 5.91 Å². The molecule has 128 valence electrons. The van der Waals surface area contributed by atoms with Crippen molar-refractivity contribution in [2.75, 3.05) is 5.32 Å². The van der Waals surface area contributed by atoms with Crippen LogP contribution in [0.3, 0.4) is 0 Å². The van der Waals surface area contributed by atoms with Crippen LogP contribution in [0.2, 0.25) is 4.34 Å². The van der Waals surface area contributed by atoms with Crippen molar-refractivity contribution in [2.24, 2.45) is 11.7 Å². The van der Waals surface area contributed by atoms with Gasteiger partial charge in [-0.25, -0.2) is 9.78 Å². The molecule has 6 nitrogen and oxygen atoms in total. The van der Waals surface area contributed by atoms with E-state index in [-0.39, 0.29) is 17.2 Å². The van der Waals surface area contributed by atoms with Crippen molar-refractivity contribution in [1.82, 2.24) is 4.98 Å². The third-order valence-corrected chi connectivity index (χ3v) is 4.60. The molecule has 1 heterocycles. The van der Waals surface area contributed by atoms with Crippen LogP contribution in [0, 0.1) is 5.92 Å². The Labute approximate surface area is 149 Å². The first-order valence-electron chi connectivity index (χ1n) is 7.41. The molecule has 1 aromatic heterocycles. The Morgan fingerprint density at radius 2 is 2.12 bits per heavy atom. The van der Waals surface area contributed by atoms with Gasteiger partial charge in [-0.15, -0.1) is 0 Å². The van der Waals surface area contributed by atoms with Gasteiger partial charge < -0.3 is 10.5 Å². The van der Waals surface area contributed by atoms with Crippen molar-refractivity contribution in [3.8, 4) is 5.75 Å². The van der Waals surface area contributed by atoms with E-state index in [2.05, 4.69) is 10.3 Å². The van der Waals surface area contributed by atoms with E-state index < -0.39 is 17.9 Å². The number of nitrogens with two attached hydrogens (primary N) is 1. The lowest BCUT2D eigenvalue weighted by Gasteiger charge is -2.17. The summed E-state index contributed by atoms with van der Waals surface area (Å²) in [5.41, 5.74) is 6.09. The molecule has 0 saturated heterocycles. The Balaban J connectivity index is 2.14. The fourth-order valence-corrected chi connectivity index (χ4v) is 2.69. The second-order valence-electron chi connectivity index (χ2n) is 5.25. The number of thiazole rings is 1. The predicted octanol–water partition coefficient (Wildman–Crippen LogP) is 3.33. The van der Waals surface area contributed by atoms with Gasteiger partial charge in [0.15, 0.2) is 5.13 Å². The van der Waals surface area contributed by atoms with Crippen molar-refractivity contribution in [1.29, 1.82) is 0 Å². The van der Waals surface area contributed by atoms with Gasteiger partial charge in [-0.1, -0.05) is 55.3 Å². The van der Waals surface area contributed by atoms with E-state index in [4.69, 9.17) is 22.1 Å². The fourth-order valence-electron chi connectivity index (χ4n) is 1.88. The quantitative estimate of drug-likeness (QED) is 0.603. The molecule has 3 N–H and O–H groups in total. The molecule has 0 aliphatic rings. The summed E-state index contributed by atoms with van der Waals surface area (Å²) in [5.74, 6) is -0.874. The molecule has 0 aliphatic heterocycles. The van der Waals surface area contributed by atoms with E-state index >= 15 is 0 Å². The largest absolute Gasteiger partial charge is 0.425 e. The molecule has 0 bridgehead atoms. The standard InChI is InChI=1S/C16H18ClN3O3S/c1-3-9(2)13(18)15(22)23-11-7-5-4-6-10(11)14(21)20-16-19-8-12(17)24-16/h4-9,13H,3,18H2,1-2H3,(H,19,20,21)/t9-,13-/m0/s1. The summed E-state index contributed by atoms with van der Waals surface area (Å²) in [5, 5.41) is 2.98. The van der Waals surface area contributed by atoms with E-state index in [9.17, 15) is 9.59 Å². The Bertz CT molecular complexity index is 735. The van der Waals surface area contributed by atoms with Crippen LogP contribution in [0.15, 0.2) is 30.5 Å². The number of halogens is 1. The Hall–Kier alpha value is -1.96. The first-order valence-corrected chi connectivity index (χ1v) is 8.60. The maximum atomic E-state index is 12.4. The number of para-hydroxylation sites is 1. The van der Waals surface area contributed by atoms with Crippen molar-refractivity contribution in [2.45, 2.75) is 26.3 Å². The molecule has 0 fully saturated rings. The molecule has 0 radical (unpaired) electrons. The van der Waals surface area contributed by atoms with Gasteiger partial charge in [0, 0.05) is 0 Å². The predicted molar refractivity (Wildman–Crippen MR) is 94.6 cm³/mol. The number of esters is 1. The maximum absolute atomic E-state index is 12.4. The van der Waals surface area contributed by atoms with Gasteiger partial charge in [0.05, 0.1) is 11.8 Å². The topological polar surface area (TPSA) is 94.3 Å². The molecule has 0 spiro atoms. The van der Waals surface area contributed by atoms with Gasteiger partial charge in [0.2, 0.25) is 0 Å². The number of hydrogen-bond acceptors (Lipinski definition) is 6. The zero-order valence-electron chi connectivity index (χ0n) is 13.3. The summed E-state index contributed by atoms with van der Waals surface area (Å²) in [7, 11) is 0. The highest BCUT2D eigenvalue weighted by molar-refractivity contribution is 7.19. The van der Waals surface area contributed by atoms with Gasteiger partial charge >= 0.3 is 5.97 Å². The summed E-state index contributed by atoms with van der Waals surface area (Å²) in [6.45, 7) is 3.81. The minimum atomic E-state index is -0.746. The fraction of sp³-hybridized carbons (Fsp3) is 0.312. The second kappa shape index (κ2) is 8.23. The Kier molecular flexibility index (Phi) is 6.30. The molecule has 8 heteroatoms. The Morgan fingerprint density at radius 1 is 1.42 bits per heavy atom. The van der Waals surface area contributed by atoms with Crippen LogP contribution in [-0.4, -0.2) is 22.9 Å². The van der Waals surface area contributed by atoms with Gasteiger partial charge in [-0.2, -0.15) is 0 Å². The number of carbonyl (C=O) groups excluding carboxylic acids is 2. The van der Waals surface area contributed by atoms with Gasteiger partial charge in [0.1, 0.15) is 16.1 Å². The number of nitrogens with zero attached hydrogens (tertiary/aromatic N) is 1. The van der Waals surface area contributed by atoms with Crippen LogP contribution in [0.25, 0.3) is 0 Å². The molecule has 2 aromatic rings. The molecule has 2 rings (SSSR count). The van der Waals surface area contributed by atoms with Crippen molar-refractivity contribution < 1.29 is 14.3 Å². The highest BCUT2D eigenvalue weighted by atomic mass is 35.5. The lowest BCUT2D eigenvalue weighted by atomic mass is 10.0. The lowest BCUT2D eigenvalue weighted by Crippen LogP contribution is -2.39. The van der Waals surface area contributed by atoms with Crippen LogP contribution < -0.4 is 15.8 Å². The number of carbonyl (C=O) groups is 2. The molecule has 0 saturated carbocycles. The summed E-state index contributed by atoms with van der Waals surface area (Å²) in [6, 6.07) is 5.71. The number of ether oxygens (including phenoxy) is 1. The number of anilines is 1. The molecule has 0 unspecified atom stereocenters. The van der Waals surface area contributed by atoms with Crippen LogP contribution >= 0.6 is 22.9 Å². The minimum absolute atomic E-state index is 0.0176. The van der Waals surface area contributed by atoms with Gasteiger partial charge in [-0.05, 0) is 18.1 Å². The second-order valence-corrected chi connectivity index (χ2v) is 6.91. The van der Waals surface area contributed by atoms with Crippen LogP contribution in [0.4, 0.5) is 5.13 Å². The number of benzene rings is 1. The minimum Gasteiger partial charge on any atom is -0.425 e. The first-order chi connectivity index (χ1) is 11.4. The summed E-state index contributed by atoms with van der Waals surface area (Å²) in [6.07, 6.45) is 2.20. The average Bonchev–Trinajstić information content (AvgIpc) is 2.98. The molecule has 0 aliphatic carbocycles. The first kappa shape index (κ1) is 18.4. The number of hydrogen-bond donors (Lipinski definition) is 2. The number of nitrogens with one attached hydrogen (secondary N) is 1. The maximum Gasteiger partial charge on any atom is 0.328 e. The van der Waals surface area contributed by atoms with Crippen molar-refractivity contribution in [3.63, 3.8) is 0 Å². The molecule has 2 atom stereocenters. The highest BCUT2D eigenvalue weighted by Crippen LogP contribution is 2.25. The molecular formula is C16H18ClN3O3S. The smallest absolute Gasteiger partial charge is 0.328 e. The van der Waals surface area contributed by atoms with E-state index in [1.165, 1.54) is 6.20 Å². The van der Waals surface area contributed by atoms with E-state index in [0.29, 0.717) is 9.47 Å². The lowest BCUT2D eigenvalue weighted by molar-refractivity contribution is -0.137. The third kappa shape index (κ3) is 4.53.